The first kappa shape index (κ1) is 14.4. The predicted octanol–water partition coefficient (Wildman–Crippen LogP) is 2.92. The Labute approximate surface area is 127 Å². The van der Waals surface area contributed by atoms with Crippen LogP contribution in [-0.2, 0) is 4.74 Å². The van der Waals surface area contributed by atoms with Crippen molar-refractivity contribution in [1.29, 1.82) is 0 Å². The number of nitrogen functional groups attached to an aromatic ring is 1. The fraction of sp³-hybridized carbons (Fsp3) is 0.600. The minimum atomic E-state index is -0.482. The zero-order valence-corrected chi connectivity index (χ0v) is 13.1. The van der Waals surface area contributed by atoms with Gasteiger partial charge in [0, 0.05) is 13.0 Å². The molecular formula is C15H20N2O3S. The number of thiophene rings is 1. The molecule has 0 radical (unpaired) electrons. The first-order valence-corrected chi connectivity index (χ1v) is 8.12. The SMILES string of the molecule is COC(=O)c1c(NC(C2CC2)C2CC2)sc(C(C)=O)c1N. The number of anilines is 2. The van der Waals surface area contributed by atoms with Crippen molar-refractivity contribution in [2.75, 3.05) is 18.2 Å². The van der Waals surface area contributed by atoms with Crippen molar-refractivity contribution in [2.24, 2.45) is 11.8 Å². The molecule has 1 aromatic rings. The van der Waals surface area contributed by atoms with Gasteiger partial charge in [-0.1, -0.05) is 0 Å². The Morgan fingerprint density at radius 2 is 1.86 bits per heavy atom. The number of nitrogens with two attached hydrogens (primary N) is 1. The predicted molar refractivity (Wildman–Crippen MR) is 82.9 cm³/mol. The summed E-state index contributed by atoms with van der Waals surface area (Å²) >= 11 is 1.27. The maximum atomic E-state index is 12.0. The fourth-order valence-electron chi connectivity index (χ4n) is 2.79. The van der Waals surface area contributed by atoms with Crippen LogP contribution < -0.4 is 11.1 Å². The summed E-state index contributed by atoms with van der Waals surface area (Å²) in [6.45, 7) is 1.46. The van der Waals surface area contributed by atoms with E-state index in [-0.39, 0.29) is 11.5 Å². The number of carbonyl (C=O) groups excluding carboxylic acids is 2. The maximum absolute atomic E-state index is 12.0. The molecule has 0 saturated heterocycles. The van der Waals surface area contributed by atoms with Gasteiger partial charge in [-0.25, -0.2) is 4.79 Å². The Balaban J connectivity index is 1.93. The van der Waals surface area contributed by atoms with Crippen LogP contribution in [0.25, 0.3) is 0 Å². The average Bonchev–Trinajstić information content (AvgIpc) is 3.34. The fourth-order valence-corrected chi connectivity index (χ4v) is 3.84. The lowest BCUT2D eigenvalue weighted by Crippen LogP contribution is -2.24. The van der Waals surface area contributed by atoms with Crippen LogP contribution in [0.4, 0.5) is 10.7 Å². The summed E-state index contributed by atoms with van der Waals surface area (Å²) in [4.78, 5) is 24.1. The van der Waals surface area contributed by atoms with E-state index in [1.165, 1.54) is 51.1 Å². The van der Waals surface area contributed by atoms with Gasteiger partial charge in [-0.3, -0.25) is 4.79 Å². The highest BCUT2D eigenvalue weighted by Gasteiger charge is 2.42. The highest BCUT2D eigenvalue weighted by Crippen LogP contribution is 2.47. The quantitative estimate of drug-likeness (QED) is 0.624. The third kappa shape index (κ3) is 2.77. The van der Waals surface area contributed by atoms with Crippen molar-refractivity contribution in [1.82, 2.24) is 0 Å². The van der Waals surface area contributed by atoms with Crippen LogP contribution in [0.3, 0.4) is 0 Å². The lowest BCUT2D eigenvalue weighted by molar-refractivity contribution is 0.0603. The summed E-state index contributed by atoms with van der Waals surface area (Å²) in [5.41, 5.74) is 6.55. The number of rotatable bonds is 6. The summed E-state index contributed by atoms with van der Waals surface area (Å²) in [6.07, 6.45) is 4.95. The van der Waals surface area contributed by atoms with E-state index in [0.717, 1.165) is 0 Å². The number of carbonyl (C=O) groups is 2. The number of methoxy groups -OCH3 is 1. The molecule has 2 aliphatic carbocycles. The number of esters is 1. The third-order valence-electron chi connectivity index (χ3n) is 4.21. The van der Waals surface area contributed by atoms with Gasteiger partial charge in [-0.2, -0.15) is 0 Å². The van der Waals surface area contributed by atoms with Crippen molar-refractivity contribution in [2.45, 2.75) is 38.6 Å². The van der Waals surface area contributed by atoms with E-state index in [4.69, 9.17) is 10.5 Å². The Morgan fingerprint density at radius 1 is 1.29 bits per heavy atom. The van der Waals surface area contributed by atoms with Crippen LogP contribution in [0.2, 0.25) is 0 Å². The summed E-state index contributed by atoms with van der Waals surface area (Å²) in [5.74, 6) is 0.772. The molecule has 0 aliphatic heterocycles. The van der Waals surface area contributed by atoms with E-state index in [2.05, 4.69) is 5.32 Å². The van der Waals surface area contributed by atoms with Crippen LogP contribution in [0, 0.1) is 11.8 Å². The molecule has 1 aromatic heterocycles. The zero-order chi connectivity index (χ0) is 15.1. The molecule has 6 heteroatoms. The van der Waals surface area contributed by atoms with Gasteiger partial charge in [0.05, 0.1) is 17.7 Å². The monoisotopic (exact) mass is 308 g/mol. The van der Waals surface area contributed by atoms with Gasteiger partial charge in [0.15, 0.2) is 5.78 Å². The normalized spacial score (nSPS) is 17.9. The van der Waals surface area contributed by atoms with E-state index in [9.17, 15) is 9.59 Å². The molecule has 0 spiro atoms. The second kappa shape index (κ2) is 5.33. The topological polar surface area (TPSA) is 81.4 Å². The van der Waals surface area contributed by atoms with Crippen LogP contribution in [0.5, 0.6) is 0 Å². The second-order valence-corrected chi connectivity index (χ2v) is 6.96. The highest BCUT2D eigenvalue weighted by atomic mass is 32.1. The summed E-state index contributed by atoms with van der Waals surface area (Å²) in [7, 11) is 1.33. The zero-order valence-electron chi connectivity index (χ0n) is 12.3. The van der Waals surface area contributed by atoms with Gasteiger partial charge >= 0.3 is 5.97 Å². The molecule has 3 N–H and O–H groups in total. The molecule has 2 saturated carbocycles. The molecular weight excluding hydrogens is 288 g/mol. The van der Waals surface area contributed by atoms with Gasteiger partial charge in [0.2, 0.25) is 0 Å². The molecule has 5 nitrogen and oxygen atoms in total. The van der Waals surface area contributed by atoms with Crippen molar-refractivity contribution < 1.29 is 14.3 Å². The minimum absolute atomic E-state index is 0.120. The molecule has 0 unspecified atom stereocenters. The summed E-state index contributed by atoms with van der Waals surface area (Å²) < 4.78 is 4.82. The van der Waals surface area contributed by atoms with Gasteiger partial charge in [0.1, 0.15) is 10.6 Å². The number of ether oxygens (including phenoxy) is 1. The molecule has 0 bridgehead atoms. The molecule has 0 aromatic carbocycles. The first-order valence-electron chi connectivity index (χ1n) is 7.31. The number of hydrogen-bond acceptors (Lipinski definition) is 6. The highest BCUT2D eigenvalue weighted by molar-refractivity contribution is 7.19. The summed E-state index contributed by atoms with van der Waals surface area (Å²) in [6, 6.07) is 0.395. The summed E-state index contributed by atoms with van der Waals surface area (Å²) in [5, 5.41) is 4.18. The first-order chi connectivity index (χ1) is 10.0. The van der Waals surface area contributed by atoms with E-state index in [0.29, 0.717) is 33.3 Å². The average molecular weight is 308 g/mol. The number of ketones is 1. The lowest BCUT2D eigenvalue weighted by atomic mass is 10.1. The number of Topliss-reactive ketones (excluding diaryl/α,β-unsaturated/α-hetero) is 1. The van der Waals surface area contributed by atoms with Crippen molar-refractivity contribution in [3.05, 3.63) is 10.4 Å². The Kier molecular flexibility index (Phi) is 3.65. The molecule has 1 heterocycles. The lowest BCUT2D eigenvalue weighted by Gasteiger charge is -2.18. The number of hydrogen-bond donors (Lipinski definition) is 2. The largest absolute Gasteiger partial charge is 0.465 e. The Morgan fingerprint density at radius 3 is 2.29 bits per heavy atom. The van der Waals surface area contributed by atoms with E-state index in [1.54, 1.807) is 0 Å². The van der Waals surface area contributed by atoms with Crippen molar-refractivity contribution >= 4 is 33.8 Å². The molecule has 2 aliphatic rings. The van der Waals surface area contributed by atoms with Gasteiger partial charge in [-0.15, -0.1) is 11.3 Å². The molecule has 21 heavy (non-hydrogen) atoms. The van der Waals surface area contributed by atoms with E-state index < -0.39 is 5.97 Å². The molecule has 0 atom stereocenters. The van der Waals surface area contributed by atoms with Crippen molar-refractivity contribution in [3.63, 3.8) is 0 Å². The van der Waals surface area contributed by atoms with Crippen LogP contribution in [-0.4, -0.2) is 24.9 Å². The van der Waals surface area contributed by atoms with Crippen LogP contribution in [0.15, 0.2) is 0 Å². The van der Waals surface area contributed by atoms with Gasteiger partial charge < -0.3 is 15.8 Å². The van der Waals surface area contributed by atoms with Gasteiger partial charge in [-0.05, 0) is 37.5 Å². The Bertz CT molecular complexity index is 576. The standard InChI is InChI=1S/C15H20N2O3S/c1-7(18)13-11(16)10(15(19)20-2)14(21-13)17-12(8-3-4-8)9-5-6-9/h8-9,12,17H,3-6,16H2,1-2H3. The number of nitrogens with one attached hydrogen (secondary N) is 1. The smallest absolute Gasteiger partial charge is 0.343 e. The van der Waals surface area contributed by atoms with Crippen molar-refractivity contribution in [3.8, 4) is 0 Å². The van der Waals surface area contributed by atoms with E-state index >= 15 is 0 Å². The second-order valence-electron chi connectivity index (χ2n) is 5.94. The van der Waals surface area contributed by atoms with Crippen LogP contribution in [0.1, 0.15) is 52.6 Å². The Hall–Kier alpha value is -1.56. The molecule has 114 valence electrons. The molecule has 0 amide bonds. The van der Waals surface area contributed by atoms with Gasteiger partial charge in [0.25, 0.3) is 0 Å². The molecule has 2 fully saturated rings. The molecule has 3 rings (SSSR count). The third-order valence-corrected chi connectivity index (χ3v) is 5.45. The van der Waals surface area contributed by atoms with Crippen LogP contribution >= 0.6 is 11.3 Å². The maximum Gasteiger partial charge on any atom is 0.343 e. The van der Waals surface area contributed by atoms with E-state index in [1.807, 2.05) is 0 Å². The minimum Gasteiger partial charge on any atom is -0.465 e.